The predicted octanol–water partition coefficient (Wildman–Crippen LogP) is 3.94. The van der Waals surface area contributed by atoms with Crippen LogP contribution in [0.1, 0.15) is 36.5 Å². The molecule has 0 spiro atoms. The van der Waals surface area contributed by atoms with E-state index in [1.165, 1.54) is 28.9 Å². The third-order valence-corrected chi connectivity index (χ3v) is 4.10. The van der Waals surface area contributed by atoms with Gasteiger partial charge in [-0.3, -0.25) is 0 Å². The Balaban J connectivity index is 1.97. The zero-order valence-electron chi connectivity index (χ0n) is 13.2. The Morgan fingerprint density at radius 2 is 1.80 bits per heavy atom. The first-order chi connectivity index (χ1) is 9.72. The summed E-state index contributed by atoms with van der Waals surface area (Å²) in [5.41, 5.74) is 4.19. The van der Waals surface area contributed by atoms with Gasteiger partial charge < -0.3 is 10.1 Å². The van der Waals surface area contributed by atoms with Gasteiger partial charge in [-0.2, -0.15) is 11.8 Å². The van der Waals surface area contributed by atoms with E-state index in [9.17, 15) is 0 Å². The van der Waals surface area contributed by atoms with Gasteiger partial charge in [0.1, 0.15) is 0 Å². The molecule has 0 bridgehead atoms. The quantitative estimate of drug-likeness (QED) is 0.625. The number of unbranched alkanes of at least 4 members (excludes halogenated alkanes) is 1. The molecule has 0 aliphatic carbocycles. The lowest BCUT2D eigenvalue weighted by Gasteiger charge is -2.06. The van der Waals surface area contributed by atoms with E-state index < -0.39 is 0 Å². The van der Waals surface area contributed by atoms with Gasteiger partial charge >= 0.3 is 0 Å². The molecule has 1 rings (SSSR count). The van der Waals surface area contributed by atoms with Crippen LogP contribution in [-0.2, 0) is 10.5 Å². The zero-order chi connectivity index (χ0) is 14.6. The number of rotatable bonds is 11. The molecule has 1 aromatic rings. The molecule has 0 aliphatic heterocycles. The molecule has 1 aromatic carbocycles. The van der Waals surface area contributed by atoms with Crippen LogP contribution in [0.2, 0.25) is 0 Å². The fourth-order valence-corrected chi connectivity index (χ4v) is 3.05. The normalized spacial score (nSPS) is 10.9. The summed E-state index contributed by atoms with van der Waals surface area (Å²) in [4.78, 5) is 0. The lowest BCUT2D eigenvalue weighted by molar-refractivity contribution is 0.143. The van der Waals surface area contributed by atoms with Crippen LogP contribution < -0.4 is 5.32 Å². The molecule has 0 heterocycles. The Kier molecular flexibility index (Phi) is 9.81. The molecule has 0 saturated carbocycles. The summed E-state index contributed by atoms with van der Waals surface area (Å²) in [6, 6.07) is 6.82. The first-order valence-corrected chi connectivity index (χ1v) is 8.81. The van der Waals surface area contributed by atoms with Crippen molar-refractivity contribution in [3.8, 4) is 0 Å². The van der Waals surface area contributed by atoms with Crippen molar-refractivity contribution in [2.24, 2.45) is 0 Å². The van der Waals surface area contributed by atoms with Crippen LogP contribution in [0.4, 0.5) is 0 Å². The summed E-state index contributed by atoms with van der Waals surface area (Å²) in [6.45, 7) is 10.3. The molecule has 0 aromatic heterocycles. The second-order valence-corrected chi connectivity index (χ2v) is 6.31. The second-order valence-electron chi connectivity index (χ2n) is 5.20. The topological polar surface area (TPSA) is 21.3 Å². The third-order valence-electron chi connectivity index (χ3n) is 3.07. The van der Waals surface area contributed by atoms with Gasteiger partial charge in [-0.15, -0.1) is 0 Å². The van der Waals surface area contributed by atoms with E-state index in [0.29, 0.717) is 0 Å². The average Bonchev–Trinajstić information content (AvgIpc) is 2.40. The van der Waals surface area contributed by atoms with Gasteiger partial charge in [-0.1, -0.05) is 29.3 Å². The smallest absolute Gasteiger partial charge is 0.0466 e. The first-order valence-electron chi connectivity index (χ1n) is 7.65. The molecule has 0 fully saturated rings. The van der Waals surface area contributed by atoms with Crippen molar-refractivity contribution < 1.29 is 4.74 Å². The Hall–Kier alpha value is -0.510. The monoisotopic (exact) mass is 295 g/mol. The minimum atomic E-state index is 0.836. The molecule has 114 valence electrons. The summed E-state index contributed by atoms with van der Waals surface area (Å²) in [6.07, 6.45) is 2.37. The maximum Gasteiger partial charge on any atom is 0.0466 e. The van der Waals surface area contributed by atoms with Crippen LogP contribution in [-0.4, -0.2) is 32.1 Å². The largest absolute Gasteiger partial charge is 0.382 e. The average molecular weight is 295 g/mol. The number of aryl methyl sites for hydroxylation is 2. The molecule has 0 atom stereocenters. The van der Waals surface area contributed by atoms with E-state index in [2.05, 4.69) is 37.4 Å². The van der Waals surface area contributed by atoms with Crippen LogP contribution in [0, 0.1) is 13.8 Å². The van der Waals surface area contributed by atoms with Crippen molar-refractivity contribution in [1.82, 2.24) is 5.32 Å². The third kappa shape index (κ3) is 8.62. The fourth-order valence-electron chi connectivity index (χ4n) is 2.21. The highest BCUT2D eigenvalue weighted by atomic mass is 32.2. The molecule has 1 N–H and O–H groups in total. The Bertz CT molecular complexity index is 348. The number of nitrogens with one attached hydrogen (secondary N) is 1. The van der Waals surface area contributed by atoms with Crippen molar-refractivity contribution in [1.29, 1.82) is 0 Å². The van der Waals surface area contributed by atoms with Gasteiger partial charge in [0.05, 0.1) is 0 Å². The van der Waals surface area contributed by atoms with Crippen molar-refractivity contribution in [2.45, 2.75) is 39.4 Å². The Morgan fingerprint density at radius 3 is 2.50 bits per heavy atom. The molecular formula is C17H29NOS. The second kappa shape index (κ2) is 11.2. The van der Waals surface area contributed by atoms with Gasteiger partial charge in [0, 0.05) is 31.3 Å². The first kappa shape index (κ1) is 17.5. The van der Waals surface area contributed by atoms with Gasteiger partial charge in [-0.25, -0.2) is 0 Å². The summed E-state index contributed by atoms with van der Waals surface area (Å²) in [5.74, 6) is 2.30. The molecule has 2 nitrogen and oxygen atoms in total. The molecule has 0 unspecified atom stereocenters. The molecule has 0 aliphatic rings. The Morgan fingerprint density at radius 1 is 1.05 bits per heavy atom. The van der Waals surface area contributed by atoms with Crippen molar-refractivity contribution in [3.63, 3.8) is 0 Å². The van der Waals surface area contributed by atoms with Gasteiger partial charge in [0.2, 0.25) is 0 Å². The number of ether oxygens (including phenoxy) is 1. The maximum absolute atomic E-state index is 5.31. The molecular weight excluding hydrogens is 266 g/mol. The van der Waals surface area contributed by atoms with Crippen LogP contribution >= 0.6 is 11.8 Å². The highest BCUT2D eigenvalue weighted by Crippen LogP contribution is 2.15. The van der Waals surface area contributed by atoms with E-state index in [-0.39, 0.29) is 0 Å². The molecule has 0 amide bonds. The number of hydrogen-bond acceptors (Lipinski definition) is 3. The van der Waals surface area contributed by atoms with Crippen LogP contribution in [0.25, 0.3) is 0 Å². The summed E-state index contributed by atoms with van der Waals surface area (Å²) < 4.78 is 5.31. The fraction of sp³-hybridized carbons (Fsp3) is 0.647. The highest BCUT2D eigenvalue weighted by molar-refractivity contribution is 7.98. The zero-order valence-corrected chi connectivity index (χ0v) is 14.0. The molecule has 0 saturated heterocycles. The molecule has 20 heavy (non-hydrogen) atoms. The van der Waals surface area contributed by atoms with Crippen molar-refractivity contribution in [2.75, 3.05) is 32.1 Å². The van der Waals surface area contributed by atoms with Crippen LogP contribution in [0.5, 0.6) is 0 Å². The van der Waals surface area contributed by atoms with Crippen molar-refractivity contribution >= 4 is 11.8 Å². The Labute approximate surface area is 128 Å². The standard InChI is InChI=1S/C17H29NOS/c1-4-19-9-6-5-7-18-8-10-20-14-17-12-15(2)11-16(3)13-17/h11-13,18H,4-10,14H2,1-3H3. The van der Waals surface area contributed by atoms with E-state index in [4.69, 9.17) is 4.74 Å². The summed E-state index contributed by atoms with van der Waals surface area (Å²) >= 11 is 2.01. The van der Waals surface area contributed by atoms with E-state index in [1.54, 1.807) is 0 Å². The minimum Gasteiger partial charge on any atom is -0.382 e. The van der Waals surface area contributed by atoms with Crippen LogP contribution in [0.3, 0.4) is 0 Å². The van der Waals surface area contributed by atoms with Crippen molar-refractivity contribution in [3.05, 3.63) is 34.9 Å². The van der Waals surface area contributed by atoms with Gasteiger partial charge in [0.25, 0.3) is 0 Å². The summed E-state index contributed by atoms with van der Waals surface area (Å²) in [5, 5.41) is 3.49. The molecule has 3 heteroatoms. The minimum absolute atomic E-state index is 0.836. The lowest BCUT2D eigenvalue weighted by atomic mass is 10.1. The van der Waals surface area contributed by atoms with Gasteiger partial charge in [-0.05, 0) is 45.7 Å². The number of thioether (sulfide) groups is 1. The predicted molar refractivity (Wildman–Crippen MR) is 90.7 cm³/mol. The van der Waals surface area contributed by atoms with E-state index in [1.807, 2.05) is 18.7 Å². The van der Waals surface area contributed by atoms with Gasteiger partial charge in [0.15, 0.2) is 0 Å². The van der Waals surface area contributed by atoms with Crippen LogP contribution in [0.15, 0.2) is 18.2 Å². The molecule has 0 radical (unpaired) electrons. The lowest BCUT2D eigenvalue weighted by Crippen LogP contribution is -2.18. The van der Waals surface area contributed by atoms with E-state index in [0.717, 1.165) is 38.5 Å². The SMILES string of the molecule is CCOCCCCNCCSCc1cc(C)cc(C)c1. The highest BCUT2D eigenvalue weighted by Gasteiger charge is 1.97. The number of benzene rings is 1. The number of hydrogen-bond donors (Lipinski definition) is 1. The maximum atomic E-state index is 5.31. The van der Waals surface area contributed by atoms with E-state index >= 15 is 0 Å². The summed E-state index contributed by atoms with van der Waals surface area (Å²) in [7, 11) is 0.